The van der Waals surface area contributed by atoms with Crippen LogP contribution in [0.5, 0.6) is 0 Å². The standard InChI is InChI=1S/C27H34N2O8S2/c1-35-25(32)13-12-23(30)28-20-8-6-7-19(17-20)21-10-11-22(38-21)27(14-3-5-16-39(27,33)34)18-24(31)29-37-26-9-2-4-15-36-26/h6-8,10-11,17,26H,2-5,9,12-16,18H2,1H3,(H,28,30)(H,29,31)/t26?,27-/m0/s1. The van der Waals surface area contributed by atoms with Gasteiger partial charge in [0.1, 0.15) is 4.75 Å². The normalized spacial score (nSPS) is 22.5. The van der Waals surface area contributed by atoms with E-state index in [0.717, 1.165) is 23.3 Å². The first-order valence-corrected chi connectivity index (χ1v) is 15.6. The summed E-state index contributed by atoms with van der Waals surface area (Å²) in [6.07, 6.45) is 3.38. The number of thiophene rings is 1. The van der Waals surface area contributed by atoms with Crippen molar-refractivity contribution in [3.05, 3.63) is 41.3 Å². The first kappa shape index (κ1) is 29.2. The third-order valence-electron chi connectivity index (χ3n) is 7.00. The maximum atomic E-state index is 13.5. The fraction of sp³-hybridized carbons (Fsp3) is 0.519. The number of esters is 1. The molecular weight excluding hydrogens is 544 g/mol. The molecule has 2 aromatic rings. The second-order valence-corrected chi connectivity index (χ2v) is 13.3. The van der Waals surface area contributed by atoms with E-state index in [4.69, 9.17) is 9.57 Å². The highest BCUT2D eigenvalue weighted by Crippen LogP contribution is 2.47. The molecule has 0 saturated carbocycles. The van der Waals surface area contributed by atoms with Crippen LogP contribution in [-0.4, -0.2) is 52.0 Å². The zero-order chi connectivity index (χ0) is 27.9. The fourth-order valence-electron chi connectivity index (χ4n) is 4.88. The van der Waals surface area contributed by atoms with Crippen LogP contribution in [0.25, 0.3) is 10.4 Å². The van der Waals surface area contributed by atoms with Crippen molar-refractivity contribution in [1.82, 2.24) is 5.48 Å². The van der Waals surface area contributed by atoms with Crippen LogP contribution in [0.4, 0.5) is 5.69 Å². The van der Waals surface area contributed by atoms with Crippen molar-refractivity contribution < 1.29 is 37.1 Å². The van der Waals surface area contributed by atoms with Gasteiger partial charge in [-0.05, 0) is 55.5 Å². The van der Waals surface area contributed by atoms with Gasteiger partial charge in [0, 0.05) is 34.9 Å². The van der Waals surface area contributed by atoms with E-state index in [0.29, 0.717) is 42.9 Å². The molecule has 2 aliphatic rings. The molecule has 0 bridgehead atoms. The van der Waals surface area contributed by atoms with Gasteiger partial charge in [-0.1, -0.05) is 18.6 Å². The number of hydroxylamine groups is 1. The molecular formula is C27H34N2O8S2. The molecule has 4 rings (SSSR count). The van der Waals surface area contributed by atoms with E-state index in [-0.39, 0.29) is 30.9 Å². The number of methoxy groups -OCH3 is 1. The predicted octanol–water partition coefficient (Wildman–Crippen LogP) is 4.07. The van der Waals surface area contributed by atoms with Crippen LogP contribution in [0.1, 0.15) is 62.7 Å². The molecule has 2 saturated heterocycles. The van der Waals surface area contributed by atoms with Crippen molar-refractivity contribution in [2.24, 2.45) is 0 Å². The van der Waals surface area contributed by atoms with Gasteiger partial charge in [0.25, 0.3) is 0 Å². The minimum absolute atomic E-state index is 0.000912. The Bertz CT molecular complexity index is 1290. The lowest BCUT2D eigenvalue weighted by Crippen LogP contribution is -2.45. The number of hydrogen-bond acceptors (Lipinski definition) is 9. The Hall–Kier alpha value is -2.80. The molecule has 10 nitrogen and oxygen atoms in total. The minimum Gasteiger partial charge on any atom is -0.469 e. The maximum Gasteiger partial charge on any atom is 0.306 e. The number of sulfone groups is 1. The number of carbonyl (C=O) groups is 3. The first-order valence-electron chi connectivity index (χ1n) is 13.1. The molecule has 2 N–H and O–H groups in total. The Kier molecular flexibility index (Phi) is 9.76. The molecule has 212 valence electrons. The number of rotatable bonds is 10. The van der Waals surface area contributed by atoms with Gasteiger partial charge >= 0.3 is 5.97 Å². The zero-order valence-corrected chi connectivity index (χ0v) is 23.5. The lowest BCUT2D eigenvalue weighted by atomic mass is 9.94. The summed E-state index contributed by atoms with van der Waals surface area (Å²) in [4.78, 5) is 43.3. The Balaban J connectivity index is 1.51. The molecule has 1 aromatic carbocycles. The average Bonchev–Trinajstić information content (AvgIpc) is 3.43. The zero-order valence-electron chi connectivity index (χ0n) is 21.9. The van der Waals surface area contributed by atoms with Crippen LogP contribution < -0.4 is 10.8 Å². The van der Waals surface area contributed by atoms with Crippen molar-refractivity contribution in [2.75, 3.05) is 24.8 Å². The maximum absolute atomic E-state index is 13.5. The summed E-state index contributed by atoms with van der Waals surface area (Å²) in [6.45, 7) is 0.565. The summed E-state index contributed by atoms with van der Waals surface area (Å²) in [5.74, 6) is -1.25. The van der Waals surface area contributed by atoms with Crippen LogP contribution in [-0.2, 0) is 43.3 Å². The second kappa shape index (κ2) is 13.0. The molecule has 2 atom stereocenters. The Morgan fingerprint density at radius 2 is 1.92 bits per heavy atom. The van der Waals surface area contributed by atoms with E-state index in [1.807, 2.05) is 12.1 Å². The molecule has 2 aliphatic heterocycles. The van der Waals surface area contributed by atoms with Gasteiger partial charge in [-0.3, -0.25) is 14.4 Å². The second-order valence-electron chi connectivity index (χ2n) is 9.76. The summed E-state index contributed by atoms with van der Waals surface area (Å²) in [5, 5.41) is 2.77. The molecule has 2 fully saturated rings. The van der Waals surface area contributed by atoms with Crippen LogP contribution in [0.3, 0.4) is 0 Å². The van der Waals surface area contributed by atoms with E-state index < -0.39 is 32.8 Å². The Morgan fingerprint density at radius 3 is 2.67 bits per heavy atom. The molecule has 1 unspecified atom stereocenters. The van der Waals surface area contributed by atoms with Gasteiger partial charge < -0.3 is 14.8 Å². The van der Waals surface area contributed by atoms with Crippen molar-refractivity contribution >= 4 is 44.6 Å². The van der Waals surface area contributed by atoms with Crippen molar-refractivity contribution in [1.29, 1.82) is 0 Å². The number of amides is 2. The lowest BCUT2D eigenvalue weighted by Gasteiger charge is -2.35. The predicted molar refractivity (Wildman–Crippen MR) is 146 cm³/mol. The molecule has 2 amide bonds. The van der Waals surface area contributed by atoms with Gasteiger partial charge in [-0.15, -0.1) is 11.3 Å². The van der Waals surface area contributed by atoms with Crippen molar-refractivity contribution in [2.45, 2.75) is 68.8 Å². The van der Waals surface area contributed by atoms with E-state index in [9.17, 15) is 22.8 Å². The number of ether oxygens (including phenoxy) is 2. The van der Waals surface area contributed by atoms with E-state index in [2.05, 4.69) is 15.5 Å². The Morgan fingerprint density at radius 1 is 1.08 bits per heavy atom. The van der Waals surface area contributed by atoms with E-state index in [1.54, 1.807) is 24.3 Å². The molecule has 12 heteroatoms. The van der Waals surface area contributed by atoms with Gasteiger partial charge in [0.2, 0.25) is 11.8 Å². The number of nitrogens with one attached hydrogen (secondary N) is 2. The first-order chi connectivity index (χ1) is 18.7. The van der Waals surface area contributed by atoms with Gasteiger partial charge in [-0.2, -0.15) is 0 Å². The monoisotopic (exact) mass is 578 g/mol. The molecule has 1 aromatic heterocycles. The highest BCUT2D eigenvalue weighted by Gasteiger charge is 2.49. The summed E-state index contributed by atoms with van der Waals surface area (Å²) < 4.78 is 35.7. The molecule has 0 radical (unpaired) electrons. The minimum atomic E-state index is -3.62. The van der Waals surface area contributed by atoms with Crippen LogP contribution in [0.2, 0.25) is 0 Å². The number of benzene rings is 1. The van der Waals surface area contributed by atoms with Gasteiger partial charge in [-0.25, -0.2) is 18.7 Å². The SMILES string of the molecule is COC(=O)CCC(=O)Nc1cccc(-c2ccc([C@@]3(CC(=O)NOC4CCCCO4)CCCCS3(=O)=O)s2)c1. The topological polar surface area (TPSA) is 137 Å². The fourth-order valence-corrected chi connectivity index (χ4v) is 8.65. The summed E-state index contributed by atoms with van der Waals surface area (Å²) in [7, 11) is -2.34. The van der Waals surface area contributed by atoms with E-state index >= 15 is 0 Å². The average molecular weight is 579 g/mol. The van der Waals surface area contributed by atoms with Crippen LogP contribution in [0.15, 0.2) is 36.4 Å². The largest absolute Gasteiger partial charge is 0.469 e. The highest BCUT2D eigenvalue weighted by molar-refractivity contribution is 7.92. The van der Waals surface area contributed by atoms with Gasteiger partial charge in [0.15, 0.2) is 16.1 Å². The van der Waals surface area contributed by atoms with Crippen molar-refractivity contribution in [3.63, 3.8) is 0 Å². The third-order valence-corrected chi connectivity index (χ3v) is 11.0. The van der Waals surface area contributed by atoms with Gasteiger partial charge in [0.05, 0.1) is 25.7 Å². The molecule has 3 heterocycles. The van der Waals surface area contributed by atoms with Crippen LogP contribution >= 0.6 is 11.3 Å². The smallest absolute Gasteiger partial charge is 0.306 e. The third kappa shape index (κ3) is 7.24. The molecule has 0 spiro atoms. The summed E-state index contributed by atoms with van der Waals surface area (Å²) in [6, 6.07) is 10.8. The summed E-state index contributed by atoms with van der Waals surface area (Å²) >= 11 is 1.33. The molecule has 0 aliphatic carbocycles. The Labute approximate surface area is 232 Å². The lowest BCUT2D eigenvalue weighted by molar-refractivity contribution is -0.200. The quantitative estimate of drug-likeness (QED) is 0.318. The molecule has 39 heavy (non-hydrogen) atoms. The number of anilines is 1. The van der Waals surface area contributed by atoms with E-state index in [1.165, 1.54) is 18.4 Å². The van der Waals surface area contributed by atoms with Crippen molar-refractivity contribution in [3.8, 4) is 10.4 Å². The van der Waals surface area contributed by atoms with Crippen LogP contribution in [0, 0.1) is 0 Å². The number of carbonyl (C=O) groups excluding carboxylic acids is 3. The number of hydrogen-bond donors (Lipinski definition) is 2. The highest BCUT2D eigenvalue weighted by atomic mass is 32.2. The summed E-state index contributed by atoms with van der Waals surface area (Å²) in [5.41, 5.74) is 3.77.